The Morgan fingerprint density at radius 1 is 1.10 bits per heavy atom. The average molecular weight is 289 g/mol. The second-order valence-electron chi connectivity index (χ2n) is 5.41. The van der Waals surface area contributed by atoms with E-state index in [2.05, 4.69) is 11.4 Å². The number of halogens is 2. The highest BCUT2D eigenvalue weighted by Crippen LogP contribution is 2.39. The second-order valence-corrected chi connectivity index (χ2v) is 5.41. The lowest BCUT2D eigenvalue weighted by molar-refractivity contribution is 0.369. The Bertz CT molecular complexity index is 638. The molecule has 0 unspecified atom stereocenters. The van der Waals surface area contributed by atoms with E-state index in [4.69, 9.17) is 4.74 Å². The van der Waals surface area contributed by atoms with Crippen LogP contribution < -0.4 is 10.1 Å². The molecule has 1 aliphatic carbocycles. The first kappa shape index (κ1) is 13.9. The van der Waals surface area contributed by atoms with Gasteiger partial charge < -0.3 is 10.1 Å². The van der Waals surface area contributed by atoms with Crippen LogP contribution in [0.25, 0.3) is 0 Å². The second kappa shape index (κ2) is 5.72. The Kier molecular flexibility index (Phi) is 3.78. The molecule has 1 aliphatic rings. The summed E-state index contributed by atoms with van der Waals surface area (Å²) in [6, 6.07) is 11.9. The third-order valence-corrected chi connectivity index (χ3v) is 3.99. The molecule has 1 fully saturated rings. The number of ether oxygens (including phenoxy) is 1. The van der Waals surface area contributed by atoms with Gasteiger partial charge in [0, 0.05) is 12.1 Å². The zero-order valence-corrected chi connectivity index (χ0v) is 11.8. The van der Waals surface area contributed by atoms with Crippen LogP contribution in [0.1, 0.15) is 24.3 Å². The molecule has 2 aromatic carbocycles. The number of hydrogen-bond acceptors (Lipinski definition) is 2. The zero-order chi connectivity index (χ0) is 14.8. The Labute approximate surface area is 122 Å². The molecule has 2 aromatic rings. The minimum Gasteiger partial charge on any atom is -0.497 e. The van der Waals surface area contributed by atoms with Crippen molar-refractivity contribution in [3.05, 3.63) is 59.7 Å². The fraction of sp³-hybridized carbons (Fsp3) is 0.294. The molecule has 0 amide bonds. The number of methoxy groups -OCH3 is 1. The van der Waals surface area contributed by atoms with E-state index in [-0.39, 0.29) is 6.04 Å². The average Bonchev–Trinajstić information content (AvgIpc) is 2.44. The fourth-order valence-corrected chi connectivity index (χ4v) is 2.73. The first-order valence-corrected chi connectivity index (χ1v) is 7.01. The molecule has 2 nitrogen and oxygen atoms in total. The highest BCUT2D eigenvalue weighted by atomic mass is 19.1. The monoisotopic (exact) mass is 289 g/mol. The summed E-state index contributed by atoms with van der Waals surface area (Å²) >= 11 is 0. The van der Waals surface area contributed by atoms with E-state index in [9.17, 15) is 8.78 Å². The minimum absolute atomic E-state index is 0.223. The van der Waals surface area contributed by atoms with E-state index >= 15 is 0 Å². The van der Waals surface area contributed by atoms with Crippen molar-refractivity contribution < 1.29 is 13.5 Å². The van der Waals surface area contributed by atoms with Crippen molar-refractivity contribution in [3.8, 4) is 5.75 Å². The molecule has 0 saturated heterocycles. The lowest BCUT2D eigenvalue weighted by Crippen LogP contribution is -2.34. The maximum atomic E-state index is 13.6. The molecule has 0 atom stereocenters. The third kappa shape index (κ3) is 2.99. The van der Waals surface area contributed by atoms with Gasteiger partial charge in [0.05, 0.1) is 12.8 Å². The van der Waals surface area contributed by atoms with Gasteiger partial charge in [0.25, 0.3) is 0 Å². The summed E-state index contributed by atoms with van der Waals surface area (Å²) in [5.74, 6) is 0.218. The number of benzene rings is 2. The van der Waals surface area contributed by atoms with Crippen molar-refractivity contribution in [1.82, 2.24) is 0 Å². The van der Waals surface area contributed by atoms with Crippen molar-refractivity contribution in [1.29, 1.82) is 0 Å². The van der Waals surface area contributed by atoms with Gasteiger partial charge in [-0.05, 0) is 48.6 Å². The van der Waals surface area contributed by atoms with Crippen molar-refractivity contribution in [2.24, 2.45) is 0 Å². The maximum Gasteiger partial charge on any atom is 0.149 e. The van der Waals surface area contributed by atoms with Gasteiger partial charge in [-0.3, -0.25) is 0 Å². The lowest BCUT2D eigenvalue weighted by Gasteiger charge is -2.37. The van der Waals surface area contributed by atoms with E-state index < -0.39 is 11.6 Å². The van der Waals surface area contributed by atoms with Crippen LogP contribution in [0.15, 0.2) is 42.5 Å². The van der Waals surface area contributed by atoms with Gasteiger partial charge in [0.1, 0.15) is 17.4 Å². The Morgan fingerprint density at radius 2 is 1.90 bits per heavy atom. The van der Waals surface area contributed by atoms with Crippen LogP contribution in [0.5, 0.6) is 5.75 Å². The molecule has 4 heteroatoms. The summed E-state index contributed by atoms with van der Waals surface area (Å²) < 4.78 is 31.6. The number of rotatable bonds is 4. The van der Waals surface area contributed by atoms with Crippen molar-refractivity contribution in [2.45, 2.75) is 24.8 Å². The first-order chi connectivity index (χ1) is 10.2. The van der Waals surface area contributed by atoms with Crippen LogP contribution in [0.4, 0.5) is 14.5 Å². The van der Waals surface area contributed by atoms with E-state index in [0.29, 0.717) is 11.6 Å². The summed E-state index contributed by atoms with van der Waals surface area (Å²) in [5, 5.41) is 3.13. The van der Waals surface area contributed by atoms with E-state index in [1.807, 2.05) is 18.2 Å². The van der Waals surface area contributed by atoms with Gasteiger partial charge >= 0.3 is 0 Å². The van der Waals surface area contributed by atoms with E-state index in [1.165, 1.54) is 17.7 Å². The SMILES string of the molecule is COc1cccc(C2CC(Nc3ccc(F)cc3F)C2)c1. The van der Waals surface area contributed by atoms with Gasteiger partial charge in [-0.25, -0.2) is 8.78 Å². The van der Waals surface area contributed by atoms with E-state index in [0.717, 1.165) is 24.7 Å². The third-order valence-electron chi connectivity index (χ3n) is 3.99. The van der Waals surface area contributed by atoms with E-state index in [1.54, 1.807) is 7.11 Å². The molecule has 3 rings (SSSR count). The van der Waals surface area contributed by atoms with Crippen molar-refractivity contribution in [3.63, 3.8) is 0 Å². The standard InChI is InChI=1S/C17H17F2NO/c1-21-15-4-2-3-11(9-15)12-7-14(8-12)20-17-6-5-13(18)10-16(17)19/h2-6,9-10,12,14,20H,7-8H2,1H3. The maximum absolute atomic E-state index is 13.6. The molecule has 1 saturated carbocycles. The minimum atomic E-state index is -0.555. The molecule has 0 heterocycles. The quantitative estimate of drug-likeness (QED) is 0.904. The molecule has 0 spiro atoms. The smallest absolute Gasteiger partial charge is 0.149 e. The van der Waals surface area contributed by atoms with Crippen LogP contribution in [0.2, 0.25) is 0 Å². The molecule has 1 N–H and O–H groups in total. The Morgan fingerprint density at radius 3 is 2.62 bits per heavy atom. The number of nitrogens with one attached hydrogen (secondary N) is 1. The van der Waals surface area contributed by atoms with Gasteiger partial charge in [-0.15, -0.1) is 0 Å². The van der Waals surface area contributed by atoms with Gasteiger partial charge in [0.2, 0.25) is 0 Å². The Balaban J connectivity index is 1.60. The lowest BCUT2D eigenvalue weighted by atomic mass is 9.75. The zero-order valence-electron chi connectivity index (χ0n) is 11.8. The summed E-state index contributed by atoms with van der Waals surface area (Å²) in [6.07, 6.45) is 1.87. The molecular formula is C17H17F2NO. The number of hydrogen-bond donors (Lipinski definition) is 1. The first-order valence-electron chi connectivity index (χ1n) is 7.01. The topological polar surface area (TPSA) is 21.3 Å². The van der Waals surface area contributed by atoms with Crippen LogP contribution in [0.3, 0.4) is 0 Å². The largest absolute Gasteiger partial charge is 0.497 e. The van der Waals surface area contributed by atoms with Gasteiger partial charge in [-0.1, -0.05) is 12.1 Å². The summed E-state index contributed by atoms with van der Waals surface area (Å²) in [4.78, 5) is 0. The van der Waals surface area contributed by atoms with Crippen LogP contribution in [-0.2, 0) is 0 Å². The summed E-state index contributed by atoms with van der Waals surface area (Å²) in [7, 11) is 1.65. The molecule has 110 valence electrons. The highest BCUT2D eigenvalue weighted by Gasteiger charge is 2.30. The van der Waals surface area contributed by atoms with Crippen molar-refractivity contribution >= 4 is 5.69 Å². The predicted octanol–water partition coefficient (Wildman–Crippen LogP) is 4.33. The summed E-state index contributed by atoms with van der Waals surface area (Å²) in [6.45, 7) is 0. The molecule has 0 aromatic heterocycles. The van der Waals surface area contributed by atoms with Crippen LogP contribution in [0, 0.1) is 11.6 Å². The highest BCUT2D eigenvalue weighted by molar-refractivity contribution is 5.46. The molecule has 0 radical (unpaired) electrons. The normalized spacial score (nSPS) is 20.7. The van der Waals surface area contributed by atoms with Crippen molar-refractivity contribution in [2.75, 3.05) is 12.4 Å². The molecular weight excluding hydrogens is 272 g/mol. The molecule has 0 bridgehead atoms. The summed E-state index contributed by atoms with van der Waals surface area (Å²) in [5.41, 5.74) is 1.61. The van der Waals surface area contributed by atoms with Gasteiger partial charge in [0.15, 0.2) is 0 Å². The molecule has 21 heavy (non-hydrogen) atoms. The number of anilines is 1. The Hall–Kier alpha value is -2.10. The molecule has 0 aliphatic heterocycles. The van der Waals surface area contributed by atoms with Crippen LogP contribution >= 0.6 is 0 Å². The fourth-order valence-electron chi connectivity index (χ4n) is 2.73. The van der Waals surface area contributed by atoms with Crippen LogP contribution in [-0.4, -0.2) is 13.2 Å². The van der Waals surface area contributed by atoms with Gasteiger partial charge in [-0.2, -0.15) is 0 Å². The predicted molar refractivity (Wildman–Crippen MR) is 78.7 cm³/mol.